The van der Waals surface area contributed by atoms with Crippen molar-refractivity contribution in [3.63, 3.8) is 0 Å². The minimum atomic E-state index is -0.679. The van der Waals surface area contributed by atoms with Crippen molar-refractivity contribution in [1.29, 1.82) is 0 Å². The largest absolute Gasteiger partial charge is 0.493 e. The summed E-state index contributed by atoms with van der Waals surface area (Å²) < 4.78 is 23.7. The van der Waals surface area contributed by atoms with Crippen molar-refractivity contribution in [2.24, 2.45) is 5.73 Å². The summed E-state index contributed by atoms with van der Waals surface area (Å²) in [5, 5.41) is 2.81. The minimum Gasteiger partial charge on any atom is -0.493 e. The van der Waals surface area contributed by atoms with Gasteiger partial charge < -0.3 is 20.5 Å². The maximum Gasteiger partial charge on any atom is 0.255 e. The van der Waals surface area contributed by atoms with Crippen LogP contribution in [-0.4, -0.2) is 25.5 Å². The number of nitrogens with two attached hydrogens (primary N) is 1. The third kappa shape index (κ3) is 5.24. The number of amides is 2. The Morgan fingerprint density at radius 1 is 1.22 bits per heavy atom. The van der Waals surface area contributed by atoms with Crippen molar-refractivity contribution in [1.82, 2.24) is 5.32 Å². The molecule has 0 aliphatic heterocycles. The zero-order valence-corrected chi connectivity index (χ0v) is 16.0. The summed E-state index contributed by atoms with van der Waals surface area (Å²) in [6.45, 7) is 1.34. The quantitative estimate of drug-likeness (QED) is 0.725. The molecule has 0 spiro atoms. The van der Waals surface area contributed by atoms with E-state index in [-0.39, 0.29) is 33.7 Å². The minimum absolute atomic E-state index is 0.0331. The van der Waals surface area contributed by atoms with Crippen LogP contribution in [0.2, 0.25) is 10.0 Å². The molecule has 9 heteroatoms. The normalized spacial score (nSPS) is 11.6. The molecule has 0 heterocycles. The average Bonchev–Trinajstić information content (AvgIpc) is 2.61. The molecule has 1 atom stereocenters. The van der Waals surface area contributed by atoms with E-state index < -0.39 is 23.7 Å². The Balaban J connectivity index is 2.21. The van der Waals surface area contributed by atoms with Gasteiger partial charge in [-0.15, -0.1) is 0 Å². The third-order valence-corrected chi connectivity index (χ3v) is 4.21. The molecule has 0 fully saturated rings. The molecule has 0 bridgehead atoms. The number of benzene rings is 2. The van der Waals surface area contributed by atoms with Crippen molar-refractivity contribution in [3.05, 3.63) is 57.3 Å². The highest BCUT2D eigenvalue weighted by molar-refractivity contribution is 6.32. The van der Waals surface area contributed by atoms with Crippen LogP contribution in [0.15, 0.2) is 30.3 Å². The van der Waals surface area contributed by atoms with Crippen molar-refractivity contribution in [3.8, 4) is 11.5 Å². The van der Waals surface area contributed by atoms with Gasteiger partial charge in [-0.05, 0) is 36.8 Å². The van der Waals surface area contributed by atoms with Gasteiger partial charge in [0.15, 0.2) is 18.1 Å². The van der Waals surface area contributed by atoms with Crippen LogP contribution in [0, 0.1) is 5.82 Å². The molecule has 144 valence electrons. The molecule has 0 saturated heterocycles. The Labute approximate surface area is 165 Å². The molecule has 2 rings (SSSR count). The fourth-order valence-corrected chi connectivity index (χ4v) is 2.73. The van der Waals surface area contributed by atoms with Gasteiger partial charge in [0.1, 0.15) is 5.82 Å². The fraction of sp³-hybridized carbons (Fsp3) is 0.222. The Hall–Kier alpha value is -2.51. The molecule has 6 nitrogen and oxygen atoms in total. The Morgan fingerprint density at radius 3 is 2.52 bits per heavy atom. The lowest BCUT2D eigenvalue weighted by Gasteiger charge is -2.17. The van der Waals surface area contributed by atoms with E-state index in [1.165, 1.54) is 37.4 Å². The van der Waals surface area contributed by atoms with E-state index in [9.17, 15) is 14.0 Å². The number of methoxy groups -OCH3 is 1. The van der Waals surface area contributed by atoms with Crippen LogP contribution in [0.25, 0.3) is 0 Å². The number of rotatable bonds is 7. The van der Waals surface area contributed by atoms with Gasteiger partial charge in [0.2, 0.25) is 0 Å². The lowest BCUT2D eigenvalue weighted by atomic mass is 10.1. The smallest absolute Gasteiger partial charge is 0.255 e. The van der Waals surface area contributed by atoms with Crippen LogP contribution < -0.4 is 20.5 Å². The van der Waals surface area contributed by atoms with E-state index in [4.69, 9.17) is 38.4 Å². The standard InChI is InChI=1S/C18H17Cl2FN2O4/c1-9(10-3-4-14(21)12(19)5-10)23-18(25)11-6-13(20)17(15(7-11)26-2)27-8-16(22)24/h3-7,9H,8H2,1-2H3,(H2,22,24)(H,23,25). The van der Waals surface area contributed by atoms with Gasteiger partial charge in [-0.1, -0.05) is 29.3 Å². The summed E-state index contributed by atoms with van der Waals surface area (Å²) in [6.07, 6.45) is 0. The van der Waals surface area contributed by atoms with E-state index in [0.29, 0.717) is 5.56 Å². The van der Waals surface area contributed by atoms with Crippen LogP contribution in [0.4, 0.5) is 4.39 Å². The molecule has 0 radical (unpaired) electrons. The van der Waals surface area contributed by atoms with Gasteiger partial charge in [0, 0.05) is 5.56 Å². The number of hydrogen-bond acceptors (Lipinski definition) is 4. The average molecular weight is 415 g/mol. The van der Waals surface area contributed by atoms with E-state index in [1.807, 2.05) is 0 Å². The maximum absolute atomic E-state index is 13.3. The number of ether oxygens (including phenoxy) is 2. The van der Waals surface area contributed by atoms with Gasteiger partial charge in [-0.3, -0.25) is 9.59 Å². The molecular formula is C18H17Cl2FN2O4. The zero-order chi connectivity index (χ0) is 20.1. The van der Waals surface area contributed by atoms with Crippen molar-refractivity contribution < 1.29 is 23.5 Å². The van der Waals surface area contributed by atoms with Crippen LogP contribution in [0.5, 0.6) is 11.5 Å². The first-order valence-corrected chi connectivity index (χ1v) is 8.53. The second kappa shape index (κ2) is 8.92. The molecule has 0 saturated carbocycles. The summed E-state index contributed by atoms with van der Waals surface area (Å²) >= 11 is 11.9. The monoisotopic (exact) mass is 414 g/mol. The van der Waals surface area contributed by atoms with Crippen LogP contribution in [0.3, 0.4) is 0 Å². The summed E-state index contributed by atoms with van der Waals surface area (Å²) in [7, 11) is 1.37. The van der Waals surface area contributed by atoms with Crippen LogP contribution in [0.1, 0.15) is 28.9 Å². The lowest BCUT2D eigenvalue weighted by molar-refractivity contribution is -0.119. The summed E-state index contributed by atoms with van der Waals surface area (Å²) in [5.74, 6) is -1.38. The molecule has 2 aromatic rings. The predicted octanol–water partition coefficient (Wildman–Crippen LogP) is 3.50. The predicted molar refractivity (Wildman–Crippen MR) is 100.0 cm³/mol. The first kappa shape index (κ1) is 20.8. The Morgan fingerprint density at radius 2 is 1.93 bits per heavy atom. The Kier molecular flexibility index (Phi) is 6.87. The topological polar surface area (TPSA) is 90.7 Å². The molecule has 2 aromatic carbocycles. The number of nitrogens with one attached hydrogen (secondary N) is 1. The molecule has 0 aromatic heterocycles. The maximum atomic E-state index is 13.3. The number of carbonyl (C=O) groups excluding carboxylic acids is 2. The number of primary amides is 1. The third-order valence-electron chi connectivity index (χ3n) is 3.64. The van der Waals surface area contributed by atoms with Crippen molar-refractivity contribution >= 4 is 35.0 Å². The highest BCUT2D eigenvalue weighted by Crippen LogP contribution is 2.36. The number of hydrogen-bond donors (Lipinski definition) is 2. The summed E-state index contributed by atoms with van der Waals surface area (Å²) in [6, 6.07) is 6.55. The molecule has 27 heavy (non-hydrogen) atoms. The fourth-order valence-electron chi connectivity index (χ4n) is 2.28. The molecule has 0 aliphatic carbocycles. The zero-order valence-electron chi connectivity index (χ0n) is 14.5. The van der Waals surface area contributed by atoms with Gasteiger partial charge in [0.05, 0.1) is 23.2 Å². The van der Waals surface area contributed by atoms with Gasteiger partial charge >= 0.3 is 0 Å². The van der Waals surface area contributed by atoms with Crippen molar-refractivity contribution in [2.45, 2.75) is 13.0 Å². The summed E-state index contributed by atoms with van der Waals surface area (Å²) in [4.78, 5) is 23.4. The first-order chi connectivity index (χ1) is 12.7. The highest BCUT2D eigenvalue weighted by atomic mass is 35.5. The molecule has 1 unspecified atom stereocenters. The van der Waals surface area contributed by atoms with E-state index in [1.54, 1.807) is 6.92 Å². The molecule has 2 amide bonds. The summed E-state index contributed by atoms with van der Waals surface area (Å²) in [5.41, 5.74) is 5.89. The lowest BCUT2D eigenvalue weighted by Crippen LogP contribution is -2.26. The van der Waals surface area contributed by atoms with Crippen LogP contribution >= 0.6 is 23.2 Å². The van der Waals surface area contributed by atoms with Crippen molar-refractivity contribution in [2.75, 3.05) is 13.7 Å². The first-order valence-electron chi connectivity index (χ1n) is 7.77. The van der Waals surface area contributed by atoms with Gasteiger partial charge in [-0.2, -0.15) is 0 Å². The van der Waals surface area contributed by atoms with Crippen LogP contribution in [-0.2, 0) is 4.79 Å². The van der Waals surface area contributed by atoms with E-state index in [2.05, 4.69) is 5.32 Å². The second-order valence-corrected chi connectivity index (χ2v) is 6.43. The van der Waals surface area contributed by atoms with Gasteiger partial charge in [0.25, 0.3) is 11.8 Å². The van der Waals surface area contributed by atoms with E-state index >= 15 is 0 Å². The number of halogens is 3. The second-order valence-electron chi connectivity index (χ2n) is 5.61. The number of carbonyl (C=O) groups is 2. The highest BCUT2D eigenvalue weighted by Gasteiger charge is 2.18. The Bertz CT molecular complexity index is 877. The SMILES string of the molecule is COc1cc(C(=O)NC(C)c2ccc(F)c(Cl)c2)cc(Cl)c1OCC(N)=O. The molecular weight excluding hydrogens is 398 g/mol. The molecule has 0 aliphatic rings. The molecule has 3 N–H and O–H groups in total. The van der Waals surface area contributed by atoms with E-state index in [0.717, 1.165) is 0 Å². The van der Waals surface area contributed by atoms with Gasteiger partial charge in [-0.25, -0.2) is 4.39 Å².